The Labute approximate surface area is 130 Å². The molecule has 0 saturated carbocycles. The van der Waals surface area contributed by atoms with Crippen LogP contribution in [0.15, 0.2) is 35.1 Å². The SMILES string of the molecule is O=C(O)[C@@H]1CN(c2ccc(=O)[nH]n2)C[C@H]1c1ccc(O)cc1F. The van der Waals surface area contributed by atoms with Crippen molar-refractivity contribution in [3.05, 3.63) is 52.1 Å². The van der Waals surface area contributed by atoms with Gasteiger partial charge in [0, 0.05) is 31.1 Å². The van der Waals surface area contributed by atoms with Gasteiger partial charge in [-0.25, -0.2) is 9.49 Å². The number of H-pyrrole nitrogens is 1. The molecule has 0 aliphatic carbocycles. The van der Waals surface area contributed by atoms with Gasteiger partial charge in [-0.3, -0.25) is 9.59 Å². The molecule has 8 heteroatoms. The van der Waals surface area contributed by atoms with Crippen LogP contribution < -0.4 is 10.5 Å². The minimum absolute atomic E-state index is 0.152. The topological polar surface area (TPSA) is 107 Å². The van der Waals surface area contributed by atoms with Crippen molar-refractivity contribution in [2.45, 2.75) is 5.92 Å². The highest BCUT2D eigenvalue weighted by Crippen LogP contribution is 2.36. The lowest BCUT2D eigenvalue weighted by atomic mass is 9.88. The maximum Gasteiger partial charge on any atom is 0.308 e. The monoisotopic (exact) mass is 319 g/mol. The molecule has 1 saturated heterocycles. The summed E-state index contributed by atoms with van der Waals surface area (Å²) >= 11 is 0. The first kappa shape index (κ1) is 15.0. The molecular formula is C15H14FN3O4. The fourth-order valence-electron chi connectivity index (χ4n) is 2.89. The zero-order valence-electron chi connectivity index (χ0n) is 11.9. The Morgan fingerprint density at radius 2 is 2.09 bits per heavy atom. The van der Waals surface area contributed by atoms with Gasteiger partial charge in [-0.05, 0) is 17.7 Å². The molecule has 120 valence electrons. The van der Waals surface area contributed by atoms with Crippen LogP contribution in [0.25, 0.3) is 0 Å². The second kappa shape index (κ2) is 5.71. The van der Waals surface area contributed by atoms with Gasteiger partial charge in [-0.2, -0.15) is 5.10 Å². The van der Waals surface area contributed by atoms with Crippen LogP contribution in [0.2, 0.25) is 0 Å². The van der Waals surface area contributed by atoms with Crippen LogP contribution >= 0.6 is 0 Å². The predicted molar refractivity (Wildman–Crippen MR) is 79.0 cm³/mol. The first-order valence-electron chi connectivity index (χ1n) is 6.97. The number of phenols is 1. The van der Waals surface area contributed by atoms with E-state index in [4.69, 9.17) is 0 Å². The van der Waals surface area contributed by atoms with Crippen LogP contribution in [0.4, 0.5) is 10.2 Å². The smallest absolute Gasteiger partial charge is 0.308 e. The van der Waals surface area contributed by atoms with Crippen molar-refractivity contribution >= 4 is 11.8 Å². The Bertz CT molecular complexity index is 787. The Hall–Kier alpha value is -2.90. The summed E-state index contributed by atoms with van der Waals surface area (Å²) in [5.74, 6) is -2.86. The van der Waals surface area contributed by atoms with Crippen LogP contribution in [0, 0.1) is 11.7 Å². The van der Waals surface area contributed by atoms with Gasteiger partial charge >= 0.3 is 5.97 Å². The number of aromatic hydroxyl groups is 1. The molecule has 0 spiro atoms. The molecule has 1 aromatic heterocycles. The molecule has 1 fully saturated rings. The van der Waals surface area contributed by atoms with Crippen molar-refractivity contribution in [1.82, 2.24) is 10.2 Å². The molecule has 0 amide bonds. The van der Waals surface area contributed by atoms with E-state index in [1.807, 2.05) is 0 Å². The van der Waals surface area contributed by atoms with E-state index >= 15 is 0 Å². The van der Waals surface area contributed by atoms with Crippen LogP contribution in [0.5, 0.6) is 5.75 Å². The molecular weight excluding hydrogens is 305 g/mol. The number of aliphatic carboxylic acids is 1. The average molecular weight is 319 g/mol. The molecule has 3 N–H and O–H groups in total. The highest BCUT2D eigenvalue weighted by atomic mass is 19.1. The third-order valence-electron chi connectivity index (χ3n) is 4.01. The molecule has 1 aliphatic rings. The lowest BCUT2D eigenvalue weighted by molar-refractivity contribution is -0.141. The third-order valence-corrected chi connectivity index (χ3v) is 4.01. The van der Waals surface area contributed by atoms with E-state index in [1.54, 1.807) is 4.90 Å². The fraction of sp³-hybridized carbons (Fsp3) is 0.267. The van der Waals surface area contributed by atoms with Crippen molar-refractivity contribution in [1.29, 1.82) is 0 Å². The van der Waals surface area contributed by atoms with E-state index in [1.165, 1.54) is 24.3 Å². The summed E-state index contributed by atoms with van der Waals surface area (Å²) in [7, 11) is 0. The minimum atomic E-state index is -1.03. The number of hydrogen-bond donors (Lipinski definition) is 3. The summed E-state index contributed by atoms with van der Waals surface area (Å²) in [6, 6.07) is 6.49. The molecule has 1 aromatic carbocycles. The molecule has 2 aromatic rings. The summed E-state index contributed by atoms with van der Waals surface area (Å²) in [6.07, 6.45) is 0. The number of hydrogen-bond acceptors (Lipinski definition) is 5. The number of aromatic nitrogens is 2. The van der Waals surface area contributed by atoms with Crippen LogP contribution in [-0.4, -0.2) is 39.5 Å². The highest BCUT2D eigenvalue weighted by Gasteiger charge is 2.40. The largest absolute Gasteiger partial charge is 0.508 e. The lowest BCUT2D eigenvalue weighted by Gasteiger charge is -2.17. The Balaban J connectivity index is 1.94. The van der Waals surface area contributed by atoms with E-state index in [2.05, 4.69) is 10.2 Å². The average Bonchev–Trinajstić information content (AvgIpc) is 2.93. The number of phenolic OH excluding ortho intramolecular Hbond substituents is 1. The molecule has 23 heavy (non-hydrogen) atoms. The Morgan fingerprint density at radius 3 is 2.70 bits per heavy atom. The Morgan fingerprint density at radius 1 is 1.30 bits per heavy atom. The van der Waals surface area contributed by atoms with Gasteiger partial charge in [0.15, 0.2) is 0 Å². The number of benzene rings is 1. The van der Waals surface area contributed by atoms with E-state index in [9.17, 15) is 24.2 Å². The molecule has 7 nitrogen and oxygen atoms in total. The van der Waals surface area contributed by atoms with Gasteiger partial charge in [-0.1, -0.05) is 6.07 Å². The molecule has 0 unspecified atom stereocenters. The number of carboxylic acids is 1. The summed E-state index contributed by atoms with van der Waals surface area (Å²) in [6.45, 7) is 0.400. The Kier molecular flexibility index (Phi) is 3.73. The minimum Gasteiger partial charge on any atom is -0.508 e. The molecule has 1 aliphatic heterocycles. The normalized spacial score (nSPS) is 20.7. The number of nitrogens with one attached hydrogen (secondary N) is 1. The van der Waals surface area contributed by atoms with Crippen molar-refractivity contribution in [3.63, 3.8) is 0 Å². The molecule has 0 bridgehead atoms. The van der Waals surface area contributed by atoms with E-state index < -0.39 is 23.6 Å². The van der Waals surface area contributed by atoms with Crippen molar-refractivity contribution < 1.29 is 19.4 Å². The van der Waals surface area contributed by atoms with Crippen molar-refractivity contribution in [2.24, 2.45) is 5.92 Å². The highest BCUT2D eigenvalue weighted by molar-refractivity contribution is 5.74. The predicted octanol–water partition coefficient (Wildman–Crippen LogP) is 0.919. The second-order valence-corrected chi connectivity index (χ2v) is 5.44. The first-order chi connectivity index (χ1) is 11.0. The van der Waals surface area contributed by atoms with Gasteiger partial charge in [-0.15, -0.1) is 0 Å². The van der Waals surface area contributed by atoms with E-state index in [0.29, 0.717) is 5.82 Å². The molecule has 2 atom stereocenters. The van der Waals surface area contributed by atoms with Crippen LogP contribution in [-0.2, 0) is 4.79 Å². The molecule has 0 radical (unpaired) electrons. The summed E-state index contributed by atoms with van der Waals surface area (Å²) in [5.41, 5.74) is -0.119. The van der Waals surface area contributed by atoms with Gasteiger partial charge in [0.05, 0.1) is 5.92 Å². The maximum atomic E-state index is 14.1. The number of carboxylic acid groups (broad SMARTS) is 1. The van der Waals surface area contributed by atoms with Crippen LogP contribution in [0.3, 0.4) is 0 Å². The molecule has 3 rings (SSSR count). The van der Waals surface area contributed by atoms with Gasteiger partial charge in [0.25, 0.3) is 5.56 Å². The zero-order chi connectivity index (χ0) is 16.6. The van der Waals surface area contributed by atoms with Crippen LogP contribution in [0.1, 0.15) is 11.5 Å². The van der Waals surface area contributed by atoms with Crippen molar-refractivity contribution in [3.8, 4) is 5.75 Å². The summed E-state index contributed by atoms with van der Waals surface area (Å²) in [4.78, 5) is 24.3. The maximum absolute atomic E-state index is 14.1. The van der Waals surface area contributed by atoms with E-state index in [0.717, 1.165) is 6.07 Å². The number of rotatable bonds is 3. The summed E-state index contributed by atoms with van der Waals surface area (Å²) < 4.78 is 14.1. The van der Waals surface area contributed by atoms with Gasteiger partial charge in [0.2, 0.25) is 0 Å². The number of nitrogens with zero attached hydrogens (tertiary/aromatic N) is 2. The summed E-state index contributed by atoms with van der Waals surface area (Å²) in [5, 5.41) is 24.9. The fourth-order valence-corrected chi connectivity index (χ4v) is 2.89. The molecule has 2 heterocycles. The van der Waals surface area contributed by atoms with E-state index in [-0.39, 0.29) is 30.0 Å². The number of halogens is 1. The number of carbonyl (C=O) groups is 1. The van der Waals surface area contributed by atoms with Gasteiger partial charge in [0.1, 0.15) is 17.4 Å². The second-order valence-electron chi connectivity index (χ2n) is 5.44. The lowest BCUT2D eigenvalue weighted by Crippen LogP contribution is -2.24. The van der Waals surface area contributed by atoms with Gasteiger partial charge < -0.3 is 15.1 Å². The number of aromatic amines is 1. The zero-order valence-corrected chi connectivity index (χ0v) is 11.9. The third kappa shape index (κ3) is 2.87. The number of anilines is 1. The standard InChI is InChI=1S/C15H14FN3O4/c16-12-5-8(20)1-2-9(12)10-6-19(7-11(10)15(22)23)13-3-4-14(21)18-17-13/h1-5,10-11,20H,6-7H2,(H,18,21)(H,22,23)/t10-,11+/m0/s1. The van der Waals surface area contributed by atoms with Crippen molar-refractivity contribution in [2.75, 3.05) is 18.0 Å². The first-order valence-corrected chi connectivity index (χ1v) is 6.97. The quantitative estimate of drug-likeness (QED) is 0.777.